The molecule has 5 heteroatoms. The van der Waals surface area contributed by atoms with E-state index >= 15 is 0 Å². The maximum absolute atomic E-state index is 12.7. The molecule has 1 aromatic heterocycles. The summed E-state index contributed by atoms with van der Waals surface area (Å²) in [7, 11) is 6.34. The van der Waals surface area contributed by atoms with Gasteiger partial charge in [0, 0.05) is 36.9 Å². The lowest BCUT2D eigenvalue weighted by molar-refractivity contribution is -0.112. The Hall–Kier alpha value is -2.14. The van der Waals surface area contributed by atoms with Crippen LogP contribution in [0.2, 0.25) is 0 Å². The standard InChI is InChI=1S/C20H20BN3O/c21-19(18-14-6-12-7-15(18)11-24(9-12)10-14)20(25)23-16-3-4-17-13(8-16)2-1-5-22-17/h1-5,8,12,14-15H,6-7,9-11H2,(H,23,25). The normalized spacial score (nSPS) is 29.8. The summed E-state index contributed by atoms with van der Waals surface area (Å²) in [4.78, 5) is 19.6. The summed E-state index contributed by atoms with van der Waals surface area (Å²) in [6.45, 7) is 3.37. The van der Waals surface area contributed by atoms with E-state index in [0.29, 0.717) is 17.3 Å². The monoisotopic (exact) mass is 329 g/mol. The van der Waals surface area contributed by atoms with E-state index in [-0.39, 0.29) is 5.91 Å². The van der Waals surface area contributed by atoms with Gasteiger partial charge >= 0.3 is 0 Å². The molecule has 0 spiro atoms. The van der Waals surface area contributed by atoms with Gasteiger partial charge in [-0.05, 0) is 60.3 Å². The number of rotatable bonds is 2. The first-order chi connectivity index (χ1) is 12.2. The highest BCUT2D eigenvalue weighted by Crippen LogP contribution is 2.47. The second-order valence-corrected chi connectivity index (χ2v) is 7.68. The molecule has 4 nitrogen and oxygen atoms in total. The van der Waals surface area contributed by atoms with Crippen molar-refractivity contribution in [3.63, 3.8) is 0 Å². The molecule has 2 unspecified atom stereocenters. The molecular weight excluding hydrogens is 309 g/mol. The van der Waals surface area contributed by atoms with Crippen LogP contribution in [0.1, 0.15) is 12.8 Å². The molecule has 1 N–H and O–H groups in total. The Morgan fingerprint density at radius 3 is 2.72 bits per heavy atom. The van der Waals surface area contributed by atoms with Crippen molar-refractivity contribution in [1.29, 1.82) is 0 Å². The molecule has 124 valence electrons. The van der Waals surface area contributed by atoms with Gasteiger partial charge in [-0.3, -0.25) is 9.78 Å². The second kappa shape index (κ2) is 5.70. The van der Waals surface area contributed by atoms with Crippen molar-refractivity contribution in [3.8, 4) is 0 Å². The van der Waals surface area contributed by atoms with E-state index in [1.165, 1.54) is 25.0 Å². The molecule has 2 atom stereocenters. The highest BCUT2D eigenvalue weighted by molar-refractivity contribution is 6.39. The first-order valence-corrected chi connectivity index (χ1v) is 9.05. The Morgan fingerprint density at radius 1 is 1.16 bits per heavy atom. The minimum atomic E-state index is -0.166. The number of benzene rings is 1. The largest absolute Gasteiger partial charge is 0.323 e. The van der Waals surface area contributed by atoms with Gasteiger partial charge < -0.3 is 10.2 Å². The zero-order valence-electron chi connectivity index (χ0n) is 14.1. The number of hydrogen-bond acceptors (Lipinski definition) is 3. The maximum Gasteiger partial charge on any atom is 0.241 e. The van der Waals surface area contributed by atoms with Crippen LogP contribution >= 0.6 is 0 Å². The summed E-state index contributed by atoms with van der Waals surface area (Å²) in [6.07, 6.45) is 4.15. The van der Waals surface area contributed by atoms with Gasteiger partial charge in [0.05, 0.1) is 5.52 Å². The summed E-state index contributed by atoms with van der Waals surface area (Å²) in [5.74, 6) is 1.57. The van der Waals surface area contributed by atoms with Gasteiger partial charge in [-0.15, -0.1) is 0 Å². The number of carbonyl (C=O) groups is 1. The van der Waals surface area contributed by atoms with Crippen LogP contribution in [0.25, 0.3) is 10.9 Å². The third-order valence-electron chi connectivity index (χ3n) is 6.01. The summed E-state index contributed by atoms with van der Waals surface area (Å²) >= 11 is 0. The third-order valence-corrected chi connectivity index (χ3v) is 6.01. The lowest BCUT2D eigenvalue weighted by Gasteiger charge is -2.53. The first kappa shape index (κ1) is 15.1. The van der Waals surface area contributed by atoms with Crippen molar-refractivity contribution in [2.24, 2.45) is 17.8 Å². The van der Waals surface area contributed by atoms with Gasteiger partial charge in [0.25, 0.3) is 0 Å². The van der Waals surface area contributed by atoms with Gasteiger partial charge in [0.15, 0.2) is 0 Å². The van der Waals surface area contributed by atoms with Crippen LogP contribution in [0.3, 0.4) is 0 Å². The quantitative estimate of drug-likeness (QED) is 0.680. The SMILES string of the molecule is [B]C(C(=O)Nc1ccc2ncccc2c1)=C1C2CC3CC1CN(C3)C2. The van der Waals surface area contributed by atoms with Crippen LogP contribution in [-0.2, 0) is 4.79 Å². The van der Waals surface area contributed by atoms with Gasteiger partial charge in [0.2, 0.25) is 5.91 Å². The average molecular weight is 329 g/mol. The van der Waals surface area contributed by atoms with Crippen LogP contribution in [0.15, 0.2) is 47.6 Å². The molecule has 6 rings (SSSR count). The predicted octanol–water partition coefficient (Wildman–Crippen LogP) is 2.57. The van der Waals surface area contributed by atoms with Crippen molar-refractivity contribution >= 4 is 30.3 Å². The van der Waals surface area contributed by atoms with E-state index in [2.05, 4.69) is 15.2 Å². The average Bonchev–Trinajstić information content (AvgIpc) is 2.60. The van der Waals surface area contributed by atoms with Crippen LogP contribution in [0, 0.1) is 17.8 Å². The van der Waals surface area contributed by atoms with E-state index in [1.807, 2.05) is 30.3 Å². The Bertz CT molecular complexity index is 861. The molecule has 3 aliphatic heterocycles. The lowest BCUT2D eigenvalue weighted by atomic mass is 9.62. The fraction of sp³-hybridized carbons (Fsp3) is 0.400. The lowest BCUT2D eigenvalue weighted by Crippen LogP contribution is -2.55. The second-order valence-electron chi connectivity index (χ2n) is 7.68. The van der Waals surface area contributed by atoms with E-state index in [4.69, 9.17) is 7.85 Å². The van der Waals surface area contributed by atoms with Crippen molar-refractivity contribution in [1.82, 2.24) is 9.88 Å². The topological polar surface area (TPSA) is 45.2 Å². The Balaban J connectivity index is 1.41. The Kier molecular flexibility index (Phi) is 3.45. The van der Waals surface area contributed by atoms with E-state index in [1.54, 1.807) is 6.20 Å². The smallest absolute Gasteiger partial charge is 0.241 e. The zero-order chi connectivity index (χ0) is 17.0. The van der Waals surface area contributed by atoms with Crippen molar-refractivity contribution < 1.29 is 4.79 Å². The molecule has 1 saturated carbocycles. The number of pyridine rings is 1. The number of amides is 1. The molecule has 4 heterocycles. The highest BCUT2D eigenvalue weighted by atomic mass is 16.1. The molecule has 2 radical (unpaired) electrons. The molecule has 1 aliphatic carbocycles. The van der Waals surface area contributed by atoms with Crippen molar-refractivity contribution in [3.05, 3.63) is 47.6 Å². The number of aromatic nitrogens is 1. The fourth-order valence-electron chi connectivity index (χ4n) is 5.12. The molecule has 4 bridgehead atoms. The number of nitrogens with zero attached hydrogens (tertiary/aromatic N) is 2. The molecule has 1 aromatic carbocycles. The summed E-state index contributed by atoms with van der Waals surface area (Å²) in [5, 5.41) is 3.99. The van der Waals surface area contributed by atoms with Crippen molar-refractivity contribution in [2.75, 3.05) is 25.0 Å². The Morgan fingerprint density at radius 2 is 1.96 bits per heavy atom. The summed E-state index contributed by atoms with van der Waals surface area (Å²) < 4.78 is 0. The van der Waals surface area contributed by atoms with Gasteiger partial charge in [-0.2, -0.15) is 0 Å². The molecule has 4 fully saturated rings. The third kappa shape index (κ3) is 2.58. The van der Waals surface area contributed by atoms with Crippen LogP contribution in [-0.4, -0.2) is 43.3 Å². The van der Waals surface area contributed by atoms with E-state index < -0.39 is 0 Å². The van der Waals surface area contributed by atoms with Crippen LogP contribution < -0.4 is 5.32 Å². The van der Waals surface area contributed by atoms with Crippen molar-refractivity contribution in [2.45, 2.75) is 12.8 Å². The van der Waals surface area contributed by atoms with Gasteiger partial charge in [0.1, 0.15) is 7.85 Å². The molecular formula is C20H20BN3O. The van der Waals surface area contributed by atoms with Gasteiger partial charge in [-0.1, -0.05) is 11.6 Å². The predicted molar refractivity (Wildman–Crippen MR) is 99.3 cm³/mol. The maximum atomic E-state index is 12.7. The number of piperidine rings is 3. The summed E-state index contributed by atoms with van der Waals surface area (Å²) in [6, 6.07) is 9.64. The number of anilines is 1. The molecule has 2 aromatic rings. The highest BCUT2D eigenvalue weighted by Gasteiger charge is 2.45. The molecule has 1 amide bonds. The number of hydrogen-bond donors (Lipinski definition) is 1. The zero-order valence-corrected chi connectivity index (χ0v) is 14.1. The number of carbonyl (C=O) groups excluding carboxylic acids is 1. The minimum absolute atomic E-state index is 0.166. The van der Waals surface area contributed by atoms with Gasteiger partial charge in [-0.25, -0.2) is 0 Å². The molecule has 3 saturated heterocycles. The van der Waals surface area contributed by atoms with E-state index in [0.717, 1.165) is 35.6 Å². The molecule has 4 aliphatic rings. The van der Waals surface area contributed by atoms with Crippen LogP contribution in [0.4, 0.5) is 5.69 Å². The minimum Gasteiger partial charge on any atom is -0.323 e. The Labute approximate surface area is 148 Å². The number of nitrogens with one attached hydrogen (secondary N) is 1. The number of fused-ring (bicyclic) bond motifs is 1. The van der Waals surface area contributed by atoms with E-state index in [9.17, 15) is 4.79 Å². The summed E-state index contributed by atoms with van der Waals surface area (Å²) in [5.41, 5.74) is 3.34. The first-order valence-electron chi connectivity index (χ1n) is 9.05. The molecule has 25 heavy (non-hydrogen) atoms. The fourth-order valence-corrected chi connectivity index (χ4v) is 5.12. The van der Waals surface area contributed by atoms with Crippen LogP contribution in [0.5, 0.6) is 0 Å².